The van der Waals surface area contributed by atoms with Crippen molar-refractivity contribution >= 4 is 39.0 Å². The molecule has 0 amide bonds. The lowest BCUT2D eigenvalue weighted by atomic mass is 10.1. The molecular weight excluding hydrogens is 393 g/mol. The Balaban J connectivity index is 2.12. The second-order valence-corrected chi connectivity index (χ2v) is 6.93. The maximum absolute atomic E-state index is 13.4. The summed E-state index contributed by atoms with van der Waals surface area (Å²) in [7, 11) is 1.86. The van der Waals surface area contributed by atoms with Gasteiger partial charge in [-0.1, -0.05) is 17.7 Å². The molecular formula is C18H16BrClFN3. The first-order valence-electron chi connectivity index (χ1n) is 7.39. The molecule has 0 aliphatic carbocycles. The smallest absolute Gasteiger partial charge is 0.136 e. The van der Waals surface area contributed by atoms with Gasteiger partial charge in [0.15, 0.2) is 0 Å². The van der Waals surface area contributed by atoms with Crippen LogP contribution in [0.25, 0.3) is 11.1 Å². The quantitative estimate of drug-likeness (QED) is 0.576. The maximum Gasteiger partial charge on any atom is 0.136 e. The second-order valence-electron chi connectivity index (χ2n) is 5.67. The van der Waals surface area contributed by atoms with Crippen molar-refractivity contribution in [3.63, 3.8) is 0 Å². The van der Waals surface area contributed by atoms with Crippen molar-refractivity contribution in [1.82, 2.24) is 9.78 Å². The number of hydrogen-bond donors (Lipinski definition) is 1. The molecule has 6 heteroatoms. The molecule has 3 rings (SSSR count). The van der Waals surface area contributed by atoms with Crippen LogP contribution in [0.15, 0.2) is 40.9 Å². The molecule has 2 aromatic carbocycles. The number of benzene rings is 2. The molecule has 0 saturated carbocycles. The van der Waals surface area contributed by atoms with Crippen LogP contribution in [-0.4, -0.2) is 9.78 Å². The van der Waals surface area contributed by atoms with Crippen LogP contribution in [0, 0.1) is 19.7 Å². The topological polar surface area (TPSA) is 29.9 Å². The summed E-state index contributed by atoms with van der Waals surface area (Å²) in [5.41, 5.74) is 4.50. The Morgan fingerprint density at radius 2 is 1.92 bits per heavy atom. The molecule has 1 aromatic heterocycles. The molecule has 124 valence electrons. The number of rotatable bonds is 3. The summed E-state index contributed by atoms with van der Waals surface area (Å²) in [6.45, 7) is 3.94. The number of aromatic nitrogens is 2. The summed E-state index contributed by atoms with van der Waals surface area (Å²) in [5.74, 6) is 0.437. The number of nitrogens with zero attached hydrogens (tertiary/aromatic N) is 2. The first kappa shape index (κ1) is 17.0. The number of aryl methyl sites for hydroxylation is 3. The first-order chi connectivity index (χ1) is 11.4. The van der Waals surface area contributed by atoms with Crippen molar-refractivity contribution in [2.45, 2.75) is 13.8 Å². The average Bonchev–Trinajstić information content (AvgIpc) is 2.76. The Morgan fingerprint density at radius 1 is 1.17 bits per heavy atom. The molecule has 0 aliphatic rings. The molecule has 0 radical (unpaired) electrons. The highest BCUT2D eigenvalue weighted by Gasteiger charge is 2.18. The summed E-state index contributed by atoms with van der Waals surface area (Å²) >= 11 is 9.83. The summed E-state index contributed by atoms with van der Waals surface area (Å²) in [6, 6.07) is 10.5. The van der Waals surface area contributed by atoms with Crippen LogP contribution in [0.3, 0.4) is 0 Å². The molecule has 0 saturated heterocycles. The van der Waals surface area contributed by atoms with Crippen molar-refractivity contribution in [2.24, 2.45) is 7.05 Å². The zero-order chi connectivity index (χ0) is 17.4. The van der Waals surface area contributed by atoms with E-state index in [0.29, 0.717) is 5.02 Å². The predicted molar refractivity (Wildman–Crippen MR) is 101 cm³/mol. The van der Waals surface area contributed by atoms with E-state index < -0.39 is 0 Å². The molecule has 0 spiro atoms. The van der Waals surface area contributed by atoms with E-state index in [4.69, 9.17) is 11.6 Å². The predicted octanol–water partition coefficient (Wildman–Crippen LogP) is 6.00. The second kappa shape index (κ2) is 6.57. The average molecular weight is 409 g/mol. The monoisotopic (exact) mass is 407 g/mol. The zero-order valence-electron chi connectivity index (χ0n) is 13.5. The third-order valence-electron chi connectivity index (χ3n) is 3.80. The molecule has 0 fully saturated rings. The Bertz CT molecular complexity index is 921. The van der Waals surface area contributed by atoms with Gasteiger partial charge < -0.3 is 5.32 Å². The SMILES string of the molecule is Cc1ccc(Nc2c(-c3ccc(F)cc3Cl)c(C)nn2C)c(Br)c1. The van der Waals surface area contributed by atoms with Gasteiger partial charge in [-0.05, 0) is 65.7 Å². The molecule has 3 aromatic rings. The van der Waals surface area contributed by atoms with Crippen molar-refractivity contribution in [1.29, 1.82) is 0 Å². The Kier molecular flexibility index (Phi) is 4.65. The van der Waals surface area contributed by atoms with Gasteiger partial charge in [-0.2, -0.15) is 5.10 Å². The lowest BCUT2D eigenvalue weighted by Gasteiger charge is -2.13. The van der Waals surface area contributed by atoms with Crippen molar-refractivity contribution in [2.75, 3.05) is 5.32 Å². The van der Waals surface area contributed by atoms with Gasteiger partial charge in [0.05, 0.1) is 16.4 Å². The van der Waals surface area contributed by atoms with Gasteiger partial charge in [-0.25, -0.2) is 4.39 Å². The molecule has 0 unspecified atom stereocenters. The highest BCUT2D eigenvalue weighted by molar-refractivity contribution is 9.10. The lowest BCUT2D eigenvalue weighted by Crippen LogP contribution is -2.01. The van der Waals surface area contributed by atoms with E-state index in [1.165, 1.54) is 12.1 Å². The number of hydrogen-bond acceptors (Lipinski definition) is 2. The fraction of sp³-hybridized carbons (Fsp3) is 0.167. The maximum atomic E-state index is 13.4. The highest BCUT2D eigenvalue weighted by atomic mass is 79.9. The molecule has 0 aliphatic heterocycles. The summed E-state index contributed by atoms with van der Waals surface area (Å²) < 4.78 is 16.1. The molecule has 1 N–H and O–H groups in total. The van der Waals surface area contributed by atoms with Gasteiger partial charge >= 0.3 is 0 Å². The standard InChI is InChI=1S/C18H16BrClFN3/c1-10-4-7-16(14(19)8-10)22-18-17(11(2)23-24(18)3)13-6-5-12(21)9-15(13)20/h4-9,22H,1-3H3. The van der Waals surface area contributed by atoms with Crippen molar-refractivity contribution < 1.29 is 4.39 Å². The Hall–Kier alpha value is -1.85. The summed E-state index contributed by atoms with van der Waals surface area (Å²) in [6.07, 6.45) is 0. The van der Waals surface area contributed by atoms with E-state index in [9.17, 15) is 4.39 Å². The molecule has 3 nitrogen and oxygen atoms in total. The normalized spacial score (nSPS) is 10.9. The van der Waals surface area contributed by atoms with Crippen LogP contribution in [0.4, 0.5) is 15.9 Å². The van der Waals surface area contributed by atoms with Crippen LogP contribution in [0.1, 0.15) is 11.3 Å². The van der Waals surface area contributed by atoms with E-state index in [-0.39, 0.29) is 5.82 Å². The van der Waals surface area contributed by atoms with Crippen LogP contribution in [-0.2, 0) is 7.05 Å². The molecule has 0 bridgehead atoms. The molecule has 0 atom stereocenters. The van der Waals surface area contributed by atoms with Crippen LogP contribution >= 0.6 is 27.5 Å². The third kappa shape index (κ3) is 3.19. The van der Waals surface area contributed by atoms with Gasteiger partial charge in [-0.15, -0.1) is 0 Å². The van der Waals surface area contributed by atoms with Gasteiger partial charge in [0, 0.05) is 22.6 Å². The Morgan fingerprint density at radius 3 is 2.58 bits per heavy atom. The highest BCUT2D eigenvalue weighted by Crippen LogP contribution is 2.38. The fourth-order valence-corrected chi connectivity index (χ4v) is 3.52. The Labute approximate surface area is 153 Å². The van der Waals surface area contributed by atoms with Crippen molar-refractivity contribution in [3.8, 4) is 11.1 Å². The fourth-order valence-electron chi connectivity index (χ4n) is 2.67. The van der Waals surface area contributed by atoms with E-state index in [1.807, 2.05) is 39.1 Å². The van der Waals surface area contributed by atoms with E-state index in [0.717, 1.165) is 38.4 Å². The first-order valence-corrected chi connectivity index (χ1v) is 8.56. The van der Waals surface area contributed by atoms with Gasteiger partial charge in [-0.3, -0.25) is 4.68 Å². The molecule has 24 heavy (non-hydrogen) atoms. The van der Waals surface area contributed by atoms with E-state index in [1.54, 1.807) is 10.7 Å². The minimum atomic E-state index is -0.360. The van der Waals surface area contributed by atoms with E-state index >= 15 is 0 Å². The summed E-state index contributed by atoms with van der Waals surface area (Å²) in [5, 5.41) is 8.24. The van der Waals surface area contributed by atoms with Gasteiger partial charge in [0.2, 0.25) is 0 Å². The summed E-state index contributed by atoms with van der Waals surface area (Å²) in [4.78, 5) is 0. The number of anilines is 2. The minimum absolute atomic E-state index is 0.358. The van der Waals surface area contributed by atoms with Crippen molar-refractivity contribution in [3.05, 3.63) is 63.0 Å². The lowest BCUT2D eigenvalue weighted by molar-refractivity contribution is 0.628. The van der Waals surface area contributed by atoms with Gasteiger partial charge in [0.25, 0.3) is 0 Å². The largest absolute Gasteiger partial charge is 0.339 e. The van der Waals surface area contributed by atoms with E-state index in [2.05, 4.69) is 26.3 Å². The third-order valence-corrected chi connectivity index (χ3v) is 4.77. The molecule has 1 heterocycles. The minimum Gasteiger partial charge on any atom is -0.339 e. The van der Waals surface area contributed by atoms with Crippen LogP contribution in [0.5, 0.6) is 0 Å². The number of halogens is 3. The number of nitrogens with one attached hydrogen (secondary N) is 1. The van der Waals surface area contributed by atoms with Crippen LogP contribution < -0.4 is 5.32 Å². The van der Waals surface area contributed by atoms with Gasteiger partial charge in [0.1, 0.15) is 11.6 Å². The zero-order valence-corrected chi connectivity index (χ0v) is 15.8. The van der Waals surface area contributed by atoms with Crippen LogP contribution in [0.2, 0.25) is 5.02 Å².